The van der Waals surface area contributed by atoms with Gasteiger partial charge in [0.05, 0.1) is 5.88 Å². The molecule has 0 unspecified atom stereocenters. The summed E-state index contributed by atoms with van der Waals surface area (Å²) in [4.78, 5) is 0. The van der Waals surface area contributed by atoms with E-state index in [2.05, 4.69) is 26.0 Å². The van der Waals surface area contributed by atoms with Gasteiger partial charge in [0, 0.05) is 0 Å². The summed E-state index contributed by atoms with van der Waals surface area (Å²) in [6.45, 7) is 8.32. The van der Waals surface area contributed by atoms with E-state index >= 15 is 0 Å². The molecule has 0 heterocycles. The largest absolute Gasteiger partial charge is 0.487 e. The van der Waals surface area contributed by atoms with Crippen molar-refractivity contribution in [3.63, 3.8) is 0 Å². The van der Waals surface area contributed by atoms with Gasteiger partial charge in [0.2, 0.25) is 0 Å². The van der Waals surface area contributed by atoms with E-state index in [-0.39, 0.29) is 5.60 Å². The van der Waals surface area contributed by atoms with Gasteiger partial charge in [-0.25, -0.2) is 0 Å². The molecule has 1 aromatic carbocycles. The number of hydrogen-bond acceptors (Lipinski definition) is 1. The quantitative estimate of drug-likeness (QED) is 0.699. The summed E-state index contributed by atoms with van der Waals surface area (Å²) in [6, 6.07) is 8.21. The van der Waals surface area contributed by atoms with Crippen LogP contribution in [0.2, 0.25) is 0 Å². The summed E-state index contributed by atoms with van der Waals surface area (Å²) in [5, 5.41) is 0. The molecule has 0 bridgehead atoms. The number of ether oxygens (including phenoxy) is 1. The van der Waals surface area contributed by atoms with Gasteiger partial charge in [-0.3, -0.25) is 0 Å². The van der Waals surface area contributed by atoms with Crippen molar-refractivity contribution >= 4 is 11.6 Å². The average Bonchev–Trinajstić information content (AvgIpc) is 2.18. The molecule has 0 saturated heterocycles. The van der Waals surface area contributed by atoms with Gasteiger partial charge < -0.3 is 4.74 Å². The maximum Gasteiger partial charge on any atom is 0.120 e. The van der Waals surface area contributed by atoms with Gasteiger partial charge in [0.1, 0.15) is 11.4 Å². The van der Waals surface area contributed by atoms with E-state index in [1.54, 1.807) is 0 Å². The molecule has 1 aromatic rings. The highest BCUT2D eigenvalue weighted by molar-refractivity contribution is 6.18. The van der Waals surface area contributed by atoms with Crippen LogP contribution in [0, 0.1) is 0 Å². The van der Waals surface area contributed by atoms with E-state index in [1.807, 2.05) is 26.0 Å². The van der Waals surface area contributed by atoms with Gasteiger partial charge >= 0.3 is 0 Å². The minimum Gasteiger partial charge on any atom is -0.487 e. The molecular formula is C13H19ClO. The average molecular weight is 227 g/mol. The minimum absolute atomic E-state index is 0.305. The summed E-state index contributed by atoms with van der Waals surface area (Å²) in [5.41, 5.74) is 1.02. The summed E-state index contributed by atoms with van der Waals surface area (Å²) in [5.74, 6) is 1.92. The Morgan fingerprint density at radius 3 is 2.13 bits per heavy atom. The third kappa shape index (κ3) is 3.75. The van der Waals surface area contributed by atoms with Gasteiger partial charge in [-0.1, -0.05) is 26.0 Å². The van der Waals surface area contributed by atoms with Gasteiger partial charge in [-0.05, 0) is 37.5 Å². The van der Waals surface area contributed by atoms with Gasteiger partial charge in [0.15, 0.2) is 0 Å². The summed E-state index contributed by atoms with van der Waals surface area (Å²) in [6.07, 6.45) is 0. The van der Waals surface area contributed by atoms with E-state index in [0.717, 1.165) is 5.75 Å². The predicted molar refractivity (Wildman–Crippen MR) is 66.0 cm³/mol. The maximum atomic E-state index is 5.80. The normalized spacial score (nSPS) is 11.9. The van der Waals surface area contributed by atoms with Crippen LogP contribution in [0.1, 0.15) is 39.2 Å². The molecule has 0 N–H and O–H groups in total. The molecular weight excluding hydrogens is 208 g/mol. The van der Waals surface area contributed by atoms with Crippen molar-refractivity contribution in [2.24, 2.45) is 0 Å². The molecule has 1 rings (SSSR count). The van der Waals surface area contributed by atoms with Crippen molar-refractivity contribution in [1.82, 2.24) is 0 Å². The topological polar surface area (TPSA) is 9.23 Å². The molecule has 0 radical (unpaired) electrons. The lowest BCUT2D eigenvalue weighted by atomic mass is 10.0. The molecule has 0 aromatic heterocycles. The first kappa shape index (κ1) is 12.4. The van der Waals surface area contributed by atoms with Crippen molar-refractivity contribution in [3.05, 3.63) is 29.8 Å². The fourth-order valence-corrected chi connectivity index (χ4v) is 1.32. The predicted octanol–water partition coefficient (Wildman–Crippen LogP) is 4.21. The Labute approximate surface area is 97.4 Å². The van der Waals surface area contributed by atoms with Gasteiger partial charge in [-0.2, -0.15) is 0 Å². The molecule has 0 atom stereocenters. The lowest BCUT2D eigenvalue weighted by Crippen LogP contribution is -2.30. The second-order valence-electron chi connectivity index (χ2n) is 4.72. The lowest BCUT2D eigenvalue weighted by molar-refractivity contribution is 0.134. The number of benzene rings is 1. The van der Waals surface area contributed by atoms with Crippen LogP contribution in [0.4, 0.5) is 0 Å². The van der Waals surface area contributed by atoms with Crippen molar-refractivity contribution in [2.45, 2.75) is 39.2 Å². The molecule has 0 fully saturated rings. The van der Waals surface area contributed by atoms with Crippen LogP contribution in [0.25, 0.3) is 0 Å². The van der Waals surface area contributed by atoms with E-state index in [0.29, 0.717) is 11.8 Å². The number of rotatable bonds is 4. The molecule has 2 heteroatoms. The van der Waals surface area contributed by atoms with E-state index in [1.165, 1.54) is 5.56 Å². The second kappa shape index (κ2) is 4.89. The highest BCUT2D eigenvalue weighted by Crippen LogP contribution is 2.22. The Hall–Kier alpha value is -0.690. The fraction of sp³-hybridized carbons (Fsp3) is 0.538. The van der Waals surface area contributed by atoms with Crippen LogP contribution in [0.5, 0.6) is 5.75 Å². The first-order chi connectivity index (χ1) is 6.94. The Kier molecular flexibility index (Phi) is 4.04. The molecule has 0 aliphatic rings. The van der Waals surface area contributed by atoms with E-state index < -0.39 is 0 Å². The molecule has 0 saturated carbocycles. The van der Waals surface area contributed by atoms with Crippen molar-refractivity contribution < 1.29 is 4.74 Å². The summed E-state index contributed by atoms with van der Waals surface area (Å²) < 4.78 is 5.75. The van der Waals surface area contributed by atoms with Crippen LogP contribution >= 0.6 is 11.6 Å². The van der Waals surface area contributed by atoms with Crippen LogP contribution in [0.15, 0.2) is 24.3 Å². The number of hydrogen-bond donors (Lipinski definition) is 0. The first-order valence-electron chi connectivity index (χ1n) is 5.29. The highest BCUT2D eigenvalue weighted by atomic mass is 35.5. The van der Waals surface area contributed by atoms with E-state index in [4.69, 9.17) is 16.3 Å². The zero-order valence-electron chi connectivity index (χ0n) is 9.88. The molecule has 0 aliphatic carbocycles. The molecule has 0 aliphatic heterocycles. The minimum atomic E-state index is -0.305. The zero-order chi connectivity index (χ0) is 11.5. The Bertz CT molecular complexity index is 301. The Balaban J connectivity index is 2.73. The van der Waals surface area contributed by atoms with Crippen LogP contribution < -0.4 is 4.74 Å². The van der Waals surface area contributed by atoms with Crippen molar-refractivity contribution in [3.8, 4) is 5.75 Å². The number of halogens is 1. The van der Waals surface area contributed by atoms with Crippen LogP contribution in [-0.2, 0) is 0 Å². The highest BCUT2D eigenvalue weighted by Gasteiger charge is 2.17. The van der Waals surface area contributed by atoms with Gasteiger partial charge in [-0.15, -0.1) is 11.6 Å². The third-order valence-electron chi connectivity index (χ3n) is 2.26. The molecule has 1 nitrogen and oxygen atoms in total. The molecule has 0 spiro atoms. The Morgan fingerprint density at radius 2 is 1.73 bits per heavy atom. The van der Waals surface area contributed by atoms with Gasteiger partial charge in [0.25, 0.3) is 0 Å². The zero-order valence-corrected chi connectivity index (χ0v) is 10.6. The smallest absolute Gasteiger partial charge is 0.120 e. The molecule has 84 valence electrons. The Morgan fingerprint density at radius 1 is 1.20 bits per heavy atom. The van der Waals surface area contributed by atoms with Crippen LogP contribution in [-0.4, -0.2) is 11.5 Å². The lowest BCUT2D eigenvalue weighted by Gasteiger charge is -2.23. The third-order valence-corrected chi connectivity index (χ3v) is 2.91. The number of alkyl halides is 1. The maximum absolute atomic E-state index is 5.80. The van der Waals surface area contributed by atoms with E-state index in [9.17, 15) is 0 Å². The standard InChI is InChI=1S/C13H19ClO/c1-10(2)11-5-7-12(8-6-11)15-13(3,4)9-14/h5-8,10H,9H2,1-4H3. The van der Waals surface area contributed by atoms with Crippen molar-refractivity contribution in [2.75, 3.05) is 5.88 Å². The van der Waals surface area contributed by atoms with Crippen LogP contribution in [0.3, 0.4) is 0 Å². The first-order valence-corrected chi connectivity index (χ1v) is 5.83. The fourth-order valence-electron chi connectivity index (χ4n) is 1.27. The second-order valence-corrected chi connectivity index (χ2v) is 4.99. The summed E-state index contributed by atoms with van der Waals surface area (Å²) >= 11 is 5.80. The molecule has 15 heavy (non-hydrogen) atoms. The molecule has 0 amide bonds. The SMILES string of the molecule is CC(C)c1ccc(OC(C)(C)CCl)cc1. The summed E-state index contributed by atoms with van der Waals surface area (Å²) in [7, 11) is 0. The monoisotopic (exact) mass is 226 g/mol. The van der Waals surface area contributed by atoms with Crippen molar-refractivity contribution in [1.29, 1.82) is 0 Å².